The van der Waals surface area contributed by atoms with E-state index >= 15 is 0 Å². The monoisotopic (exact) mass is 378 g/mol. The quantitative estimate of drug-likeness (QED) is 0.556. The average molecular weight is 378 g/mol. The van der Waals surface area contributed by atoms with Gasteiger partial charge in [-0.3, -0.25) is 24.3 Å². The van der Waals surface area contributed by atoms with Gasteiger partial charge in [0.1, 0.15) is 5.82 Å². The summed E-state index contributed by atoms with van der Waals surface area (Å²) in [5.41, 5.74) is 1.44. The molecule has 8 heteroatoms. The number of benzene rings is 2. The minimum Gasteiger partial charge on any atom is -0.321 e. The summed E-state index contributed by atoms with van der Waals surface area (Å²) >= 11 is 0. The Morgan fingerprint density at radius 1 is 1.25 bits per heavy atom. The Labute approximate surface area is 160 Å². The minimum absolute atomic E-state index is 0.0578. The Balaban J connectivity index is 1.70. The molecule has 28 heavy (non-hydrogen) atoms. The van der Waals surface area contributed by atoms with Crippen LogP contribution < -0.4 is 10.9 Å². The topological polar surface area (TPSA) is 107 Å². The number of amides is 1. The van der Waals surface area contributed by atoms with Gasteiger partial charge in [0.25, 0.3) is 17.2 Å². The maximum Gasteiger partial charge on any atom is 0.274 e. The van der Waals surface area contributed by atoms with E-state index in [2.05, 4.69) is 10.3 Å². The predicted molar refractivity (Wildman–Crippen MR) is 105 cm³/mol. The number of anilines is 1. The fourth-order valence-corrected chi connectivity index (χ4v) is 3.53. The third kappa shape index (κ3) is 3.02. The maximum absolute atomic E-state index is 12.7. The number of nitrogens with zero attached hydrogens (tertiary/aromatic N) is 3. The van der Waals surface area contributed by atoms with E-state index in [0.29, 0.717) is 34.3 Å². The molecule has 1 amide bonds. The molecule has 1 aromatic heterocycles. The van der Waals surface area contributed by atoms with Gasteiger partial charge in [0.05, 0.1) is 27.1 Å². The van der Waals surface area contributed by atoms with Crippen LogP contribution in [0.15, 0.2) is 41.2 Å². The normalized spacial score (nSPS) is 13.2. The van der Waals surface area contributed by atoms with E-state index in [9.17, 15) is 19.7 Å². The van der Waals surface area contributed by atoms with Gasteiger partial charge < -0.3 is 5.32 Å². The highest BCUT2D eigenvalue weighted by molar-refractivity contribution is 6.06. The van der Waals surface area contributed by atoms with Crippen LogP contribution in [0.25, 0.3) is 10.9 Å². The number of carbonyl (C=O) groups excluding carboxylic acids is 1. The van der Waals surface area contributed by atoms with Gasteiger partial charge in [0.15, 0.2) is 0 Å². The van der Waals surface area contributed by atoms with Crippen molar-refractivity contribution >= 4 is 28.2 Å². The van der Waals surface area contributed by atoms with E-state index in [1.165, 1.54) is 12.1 Å². The zero-order valence-electron chi connectivity index (χ0n) is 15.3. The number of hydrogen-bond donors (Lipinski definition) is 1. The molecule has 0 spiro atoms. The Morgan fingerprint density at radius 2 is 2.07 bits per heavy atom. The van der Waals surface area contributed by atoms with E-state index in [4.69, 9.17) is 0 Å². The highest BCUT2D eigenvalue weighted by Crippen LogP contribution is 2.25. The molecule has 4 rings (SSSR count). The van der Waals surface area contributed by atoms with Crippen molar-refractivity contribution in [1.29, 1.82) is 0 Å². The zero-order chi connectivity index (χ0) is 19.8. The van der Waals surface area contributed by atoms with Crippen molar-refractivity contribution in [2.45, 2.75) is 32.7 Å². The molecule has 0 unspecified atom stereocenters. The van der Waals surface area contributed by atoms with Crippen molar-refractivity contribution in [3.8, 4) is 0 Å². The lowest BCUT2D eigenvalue weighted by Crippen LogP contribution is -2.28. The van der Waals surface area contributed by atoms with Gasteiger partial charge in [0, 0.05) is 24.6 Å². The third-order valence-corrected chi connectivity index (χ3v) is 5.08. The van der Waals surface area contributed by atoms with Gasteiger partial charge in [-0.1, -0.05) is 6.07 Å². The van der Waals surface area contributed by atoms with E-state index in [1.54, 1.807) is 35.8 Å². The molecule has 0 saturated carbocycles. The van der Waals surface area contributed by atoms with Crippen molar-refractivity contribution in [3.63, 3.8) is 0 Å². The number of nitro groups is 1. The van der Waals surface area contributed by atoms with Crippen molar-refractivity contribution in [2.75, 3.05) is 5.32 Å². The number of nitro benzene ring substituents is 1. The van der Waals surface area contributed by atoms with Crippen molar-refractivity contribution in [2.24, 2.45) is 0 Å². The Kier molecular flexibility index (Phi) is 4.38. The highest BCUT2D eigenvalue weighted by Gasteiger charge is 2.18. The number of aromatic nitrogens is 2. The van der Waals surface area contributed by atoms with Crippen LogP contribution in [-0.4, -0.2) is 20.4 Å². The van der Waals surface area contributed by atoms with Crippen LogP contribution in [0.1, 0.15) is 34.6 Å². The lowest BCUT2D eigenvalue weighted by atomic mass is 10.1. The largest absolute Gasteiger partial charge is 0.321 e. The summed E-state index contributed by atoms with van der Waals surface area (Å²) in [6.07, 6.45) is 2.70. The number of carbonyl (C=O) groups is 1. The smallest absolute Gasteiger partial charge is 0.274 e. The maximum atomic E-state index is 12.7. The van der Waals surface area contributed by atoms with Crippen LogP contribution in [0.5, 0.6) is 0 Å². The van der Waals surface area contributed by atoms with E-state index in [1.807, 2.05) is 0 Å². The van der Waals surface area contributed by atoms with E-state index in [0.717, 1.165) is 25.1 Å². The summed E-state index contributed by atoms with van der Waals surface area (Å²) in [6, 6.07) is 9.30. The standard InChI is InChI=1S/C20H18N4O4/c1-12-15(5-4-6-17(12)24(27)28)22-19(25)13-8-9-14-16(11-13)21-18-7-2-3-10-23(18)20(14)26/h4-6,8-9,11H,2-3,7,10H2,1H3,(H,22,25). The van der Waals surface area contributed by atoms with Crippen LogP contribution in [0.3, 0.4) is 0 Å². The molecular formula is C20H18N4O4. The van der Waals surface area contributed by atoms with E-state index in [-0.39, 0.29) is 11.2 Å². The second-order valence-corrected chi connectivity index (χ2v) is 6.83. The first-order valence-corrected chi connectivity index (χ1v) is 9.04. The number of nitrogens with one attached hydrogen (secondary N) is 1. The van der Waals surface area contributed by atoms with Crippen LogP contribution in [0.2, 0.25) is 0 Å². The zero-order valence-corrected chi connectivity index (χ0v) is 15.3. The molecule has 0 bridgehead atoms. The average Bonchev–Trinajstić information content (AvgIpc) is 2.69. The van der Waals surface area contributed by atoms with Crippen LogP contribution in [0, 0.1) is 17.0 Å². The van der Waals surface area contributed by atoms with Crippen LogP contribution >= 0.6 is 0 Å². The molecule has 1 aliphatic rings. The molecular weight excluding hydrogens is 360 g/mol. The molecule has 0 atom stereocenters. The SMILES string of the molecule is Cc1c(NC(=O)c2ccc3c(=O)n4c(nc3c2)CCCC4)cccc1[N+](=O)[O-]. The summed E-state index contributed by atoms with van der Waals surface area (Å²) in [4.78, 5) is 40.5. The third-order valence-electron chi connectivity index (χ3n) is 5.08. The predicted octanol–water partition coefficient (Wildman–Crippen LogP) is 3.20. The lowest BCUT2D eigenvalue weighted by Gasteiger charge is -2.18. The van der Waals surface area contributed by atoms with Crippen molar-refractivity contribution in [3.05, 3.63) is 73.8 Å². The molecule has 3 aromatic rings. The second kappa shape index (κ2) is 6.88. The molecule has 0 fully saturated rings. The van der Waals surface area contributed by atoms with Gasteiger partial charge in [-0.15, -0.1) is 0 Å². The molecule has 0 radical (unpaired) electrons. The van der Waals surface area contributed by atoms with Gasteiger partial charge in [-0.2, -0.15) is 0 Å². The summed E-state index contributed by atoms with van der Waals surface area (Å²) in [5, 5.41) is 14.3. The Hall–Kier alpha value is -3.55. The molecule has 142 valence electrons. The number of aryl methyl sites for hydroxylation is 1. The fourth-order valence-electron chi connectivity index (χ4n) is 3.53. The summed E-state index contributed by atoms with van der Waals surface area (Å²) in [5.74, 6) is 0.334. The first-order valence-electron chi connectivity index (χ1n) is 9.04. The van der Waals surface area contributed by atoms with Crippen LogP contribution in [0.4, 0.5) is 11.4 Å². The summed E-state index contributed by atoms with van der Waals surface area (Å²) in [6.45, 7) is 2.26. The molecule has 0 saturated heterocycles. The molecule has 1 aliphatic heterocycles. The summed E-state index contributed by atoms with van der Waals surface area (Å²) < 4.78 is 1.71. The minimum atomic E-state index is -0.485. The van der Waals surface area contributed by atoms with E-state index < -0.39 is 10.8 Å². The molecule has 2 heterocycles. The lowest BCUT2D eigenvalue weighted by molar-refractivity contribution is -0.385. The number of hydrogen-bond acceptors (Lipinski definition) is 5. The molecule has 1 N–H and O–H groups in total. The first kappa shape index (κ1) is 17.8. The second-order valence-electron chi connectivity index (χ2n) is 6.83. The molecule has 8 nitrogen and oxygen atoms in total. The number of fused-ring (bicyclic) bond motifs is 2. The van der Waals surface area contributed by atoms with Gasteiger partial charge in [0.2, 0.25) is 0 Å². The van der Waals surface area contributed by atoms with Gasteiger partial charge in [-0.25, -0.2) is 4.98 Å². The number of rotatable bonds is 3. The van der Waals surface area contributed by atoms with Crippen molar-refractivity contribution < 1.29 is 9.72 Å². The molecule has 0 aliphatic carbocycles. The summed E-state index contributed by atoms with van der Waals surface area (Å²) in [7, 11) is 0. The van der Waals surface area contributed by atoms with Crippen LogP contribution in [-0.2, 0) is 13.0 Å². The van der Waals surface area contributed by atoms with Gasteiger partial charge >= 0.3 is 0 Å². The van der Waals surface area contributed by atoms with Gasteiger partial charge in [-0.05, 0) is 44.0 Å². The molecule has 2 aromatic carbocycles. The Morgan fingerprint density at radius 3 is 2.86 bits per heavy atom. The first-order chi connectivity index (χ1) is 13.5. The van der Waals surface area contributed by atoms with Crippen molar-refractivity contribution in [1.82, 2.24) is 9.55 Å². The highest BCUT2D eigenvalue weighted by atomic mass is 16.6. The Bertz CT molecular complexity index is 1180. The fraction of sp³-hybridized carbons (Fsp3) is 0.250.